The summed E-state index contributed by atoms with van der Waals surface area (Å²) >= 11 is 0. The second-order valence-corrected chi connectivity index (χ2v) is 8.68. The summed E-state index contributed by atoms with van der Waals surface area (Å²) in [6.45, 7) is 0. The summed E-state index contributed by atoms with van der Waals surface area (Å²) in [6, 6.07) is 18.2. The third-order valence-corrected chi connectivity index (χ3v) is 6.43. The lowest BCUT2D eigenvalue weighted by Crippen LogP contribution is -2.60. The van der Waals surface area contributed by atoms with E-state index in [1.165, 1.54) is 0 Å². The van der Waals surface area contributed by atoms with Gasteiger partial charge in [-0.2, -0.15) is 0 Å². The van der Waals surface area contributed by atoms with Crippen LogP contribution in [0.5, 0.6) is 0 Å². The van der Waals surface area contributed by atoms with E-state index in [2.05, 4.69) is 10.6 Å². The van der Waals surface area contributed by atoms with Gasteiger partial charge in [0.1, 0.15) is 19.9 Å². The van der Waals surface area contributed by atoms with Gasteiger partial charge in [-0.05, 0) is 36.8 Å². The molecule has 2 aliphatic heterocycles. The third-order valence-electron chi connectivity index (χ3n) is 6.43. The first-order chi connectivity index (χ1) is 15.5. The van der Waals surface area contributed by atoms with E-state index in [4.69, 9.17) is 5.73 Å². The van der Waals surface area contributed by atoms with Gasteiger partial charge in [0.25, 0.3) is 0 Å². The van der Waals surface area contributed by atoms with Gasteiger partial charge in [-0.15, -0.1) is 0 Å². The van der Waals surface area contributed by atoms with Crippen molar-refractivity contribution in [1.29, 1.82) is 0 Å². The van der Waals surface area contributed by atoms with Crippen LogP contribution in [0.15, 0.2) is 60.7 Å². The van der Waals surface area contributed by atoms with Crippen molar-refractivity contribution in [1.82, 2.24) is 15.5 Å². The number of hydrogen-bond acceptors (Lipinski definition) is 4. The quantitative estimate of drug-likeness (QED) is 0.577. The Morgan fingerprint density at radius 2 is 1.50 bits per heavy atom. The van der Waals surface area contributed by atoms with Gasteiger partial charge in [-0.3, -0.25) is 14.4 Å². The molecule has 7 nitrogen and oxygen atoms in total. The van der Waals surface area contributed by atoms with Crippen molar-refractivity contribution in [2.24, 2.45) is 5.73 Å². The van der Waals surface area contributed by atoms with Gasteiger partial charge in [0, 0.05) is 6.04 Å². The van der Waals surface area contributed by atoms with Crippen molar-refractivity contribution in [2.45, 2.75) is 55.8 Å². The Labute approximate surface area is 189 Å². The molecule has 0 bridgehead atoms. The number of hydrogen-bond donors (Lipinski definition) is 3. The molecule has 4 rings (SSSR count). The summed E-state index contributed by atoms with van der Waals surface area (Å²) in [5.74, 6) is -1.40. The lowest BCUT2D eigenvalue weighted by molar-refractivity contribution is -0.146. The topological polar surface area (TPSA) is 105 Å². The minimum atomic E-state index is -0.685. The highest BCUT2D eigenvalue weighted by atomic mass is 16.2. The Balaban J connectivity index is 1.53. The van der Waals surface area contributed by atoms with Crippen molar-refractivity contribution < 1.29 is 14.4 Å². The van der Waals surface area contributed by atoms with Crippen LogP contribution in [0.4, 0.5) is 0 Å². The van der Waals surface area contributed by atoms with Crippen LogP contribution >= 0.6 is 0 Å². The molecule has 2 saturated heterocycles. The molecule has 0 radical (unpaired) electrons. The van der Waals surface area contributed by atoms with Crippen LogP contribution in [0, 0.1) is 0 Å². The van der Waals surface area contributed by atoms with Gasteiger partial charge in [-0.1, -0.05) is 60.7 Å². The van der Waals surface area contributed by atoms with Gasteiger partial charge in [0.05, 0.1) is 12.0 Å². The summed E-state index contributed by atoms with van der Waals surface area (Å²) in [6.07, 6.45) is 2.75. The number of carbonyl (C=O) groups is 3. The van der Waals surface area contributed by atoms with E-state index < -0.39 is 18.0 Å². The molecule has 32 heavy (non-hydrogen) atoms. The predicted octanol–water partition coefficient (Wildman–Crippen LogP) is 0.448. The van der Waals surface area contributed by atoms with Crippen LogP contribution in [0.1, 0.15) is 42.9 Å². The fourth-order valence-corrected chi connectivity index (χ4v) is 4.75. The SMILES string of the molecule is B[C@H](N)C(=O)N[C@H]1CCC2CC[C@@H](C(=O)NC(c3ccccc3)c3ccccc3)N2C1=O. The minimum Gasteiger partial charge on any atom is -0.344 e. The Hall–Kier alpha value is -3.13. The second kappa shape index (κ2) is 9.57. The molecule has 2 fully saturated rings. The number of nitrogens with one attached hydrogen (secondary N) is 2. The highest BCUT2D eigenvalue weighted by molar-refractivity contribution is 6.23. The molecule has 2 aromatic carbocycles. The first-order valence-corrected chi connectivity index (χ1v) is 11.2. The molecule has 0 spiro atoms. The molecule has 2 aliphatic rings. The van der Waals surface area contributed by atoms with Gasteiger partial charge in [0.2, 0.25) is 17.7 Å². The van der Waals surface area contributed by atoms with E-state index in [9.17, 15) is 14.4 Å². The number of amides is 3. The van der Waals surface area contributed by atoms with Gasteiger partial charge in [-0.25, -0.2) is 0 Å². The van der Waals surface area contributed by atoms with Crippen molar-refractivity contribution in [3.05, 3.63) is 71.8 Å². The van der Waals surface area contributed by atoms with Crippen LogP contribution in [-0.4, -0.2) is 54.5 Å². The largest absolute Gasteiger partial charge is 0.344 e. The maximum absolute atomic E-state index is 13.4. The molecule has 166 valence electrons. The number of nitrogens with zero attached hydrogens (tertiary/aromatic N) is 1. The lowest BCUT2D eigenvalue weighted by Gasteiger charge is -2.38. The normalized spacial score (nSPS) is 23.5. The van der Waals surface area contributed by atoms with Crippen LogP contribution in [0.2, 0.25) is 0 Å². The first-order valence-electron chi connectivity index (χ1n) is 11.2. The van der Waals surface area contributed by atoms with Crippen LogP contribution < -0.4 is 16.4 Å². The number of nitrogens with two attached hydrogens (primary N) is 1. The van der Waals surface area contributed by atoms with E-state index in [1.54, 1.807) is 12.7 Å². The number of benzene rings is 2. The number of rotatable bonds is 6. The van der Waals surface area contributed by atoms with Gasteiger partial charge < -0.3 is 21.3 Å². The van der Waals surface area contributed by atoms with Crippen LogP contribution in [0.25, 0.3) is 0 Å². The maximum Gasteiger partial charge on any atom is 0.246 e. The van der Waals surface area contributed by atoms with Gasteiger partial charge >= 0.3 is 0 Å². The summed E-state index contributed by atoms with van der Waals surface area (Å²) in [4.78, 5) is 40.4. The molecular formula is C24H29BN4O3. The van der Waals surface area contributed by atoms with E-state index in [0.29, 0.717) is 12.8 Å². The zero-order valence-corrected chi connectivity index (χ0v) is 18.2. The molecule has 2 aromatic rings. The predicted molar refractivity (Wildman–Crippen MR) is 124 cm³/mol. The molecule has 4 N–H and O–H groups in total. The molecule has 1 unspecified atom stereocenters. The fraction of sp³-hybridized carbons (Fsp3) is 0.375. The maximum atomic E-state index is 13.4. The summed E-state index contributed by atoms with van der Waals surface area (Å²) < 4.78 is 0. The highest BCUT2D eigenvalue weighted by Crippen LogP contribution is 2.33. The number of piperidine rings is 1. The van der Waals surface area contributed by atoms with E-state index in [0.717, 1.165) is 24.0 Å². The van der Waals surface area contributed by atoms with Crippen molar-refractivity contribution in [2.75, 3.05) is 0 Å². The molecule has 0 aliphatic carbocycles. The van der Waals surface area contributed by atoms with E-state index in [1.807, 2.05) is 60.7 Å². The number of carbonyl (C=O) groups excluding carboxylic acids is 3. The smallest absolute Gasteiger partial charge is 0.246 e. The summed E-state index contributed by atoms with van der Waals surface area (Å²) in [5.41, 5.74) is 7.61. The molecule has 3 amide bonds. The van der Waals surface area contributed by atoms with Crippen LogP contribution in [-0.2, 0) is 14.4 Å². The monoisotopic (exact) mass is 432 g/mol. The minimum absolute atomic E-state index is 0.0357. The third kappa shape index (κ3) is 4.55. The standard InChI is InChI=1S/C24H29BN4O3/c25-21(26)23(31)27-18-13-11-17-12-14-19(29(17)24(18)32)22(30)28-20(15-7-3-1-4-8-15)16-9-5-2-6-10-16/h1-10,17-21H,11-14,25-26H2,(H,27,31)(H,28,30)/t17?,18-,19-,21+/m0/s1. The summed E-state index contributed by atoms with van der Waals surface area (Å²) in [5, 5.41) is 5.92. The molecule has 0 aromatic heterocycles. The molecule has 8 heteroatoms. The van der Waals surface area contributed by atoms with Crippen LogP contribution in [0.3, 0.4) is 0 Å². The number of fused-ring (bicyclic) bond motifs is 1. The Morgan fingerprint density at radius 1 is 0.938 bits per heavy atom. The fourth-order valence-electron chi connectivity index (χ4n) is 4.75. The molecular weight excluding hydrogens is 403 g/mol. The second-order valence-electron chi connectivity index (χ2n) is 8.68. The average molecular weight is 432 g/mol. The average Bonchev–Trinajstić information content (AvgIpc) is 3.25. The highest BCUT2D eigenvalue weighted by Gasteiger charge is 2.46. The summed E-state index contributed by atoms with van der Waals surface area (Å²) in [7, 11) is 1.59. The molecule has 2 heterocycles. The lowest BCUT2D eigenvalue weighted by atomic mass is 9.94. The van der Waals surface area contributed by atoms with Crippen molar-refractivity contribution in [3.63, 3.8) is 0 Å². The first kappa shape index (κ1) is 22.1. The zero-order valence-electron chi connectivity index (χ0n) is 18.2. The Kier molecular flexibility index (Phi) is 6.60. The Bertz CT molecular complexity index is 930. The Morgan fingerprint density at radius 3 is 2.06 bits per heavy atom. The zero-order chi connectivity index (χ0) is 22.7. The van der Waals surface area contributed by atoms with Gasteiger partial charge in [0.15, 0.2) is 0 Å². The van der Waals surface area contributed by atoms with E-state index in [-0.39, 0.29) is 29.8 Å². The molecule has 0 saturated carbocycles. The molecule has 4 atom stereocenters. The van der Waals surface area contributed by atoms with Crippen molar-refractivity contribution in [3.8, 4) is 0 Å². The van der Waals surface area contributed by atoms with E-state index >= 15 is 0 Å². The van der Waals surface area contributed by atoms with Crippen molar-refractivity contribution >= 4 is 25.6 Å².